The van der Waals surface area contributed by atoms with E-state index in [9.17, 15) is 4.79 Å². The molecule has 5 nitrogen and oxygen atoms in total. The zero-order valence-electron chi connectivity index (χ0n) is 16.7. The van der Waals surface area contributed by atoms with Crippen LogP contribution >= 0.6 is 0 Å². The van der Waals surface area contributed by atoms with E-state index < -0.39 is 0 Å². The molecular weight excluding hydrogens is 362 g/mol. The molecule has 4 rings (SSSR count). The van der Waals surface area contributed by atoms with E-state index in [2.05, 4.69) is 28.3 Å². The van der Waals surface area contributed by atoms with Crippen molar-refractivity contribution >= 4 is 5.97 Å². The number of pyridine rings is 1. The minimum absolute atomic E-state index is 0.0892. The summed E-state index contributed by atoms with van der Waals surface area (Å²) < 4.78 is 6.96. The van der Waals surface area contributed by atoms with Gasteiger partial charge < -0.3 is 9.30 Å². The van der Waals surface area contributed by atoms with E-state index in [1.54, 1.807) is 6.20 Å². The van der Waals surface area contributed by atoms with Gasteiger partial charge in [-0.25, -0.2) is 4.98 Å². The van der Waals surface area contributed by atoms with Crippen molar-refractivity contribution in [3.8, 4) is 23.1 Å². The SMILES string of the molecule is CCc1cc(C#Cc2ccc(-c3cn4c(n3)CCC(C(=O)OC)C4)cc2)ccn1. The molecular formula is C24H23N3O2. The number of ether oxygens (including phenoxy) is 1. The first-order valence-corrected chi connectivity index (χ1v) is 9.87. The van der Waals surface area contributed by atoms with Crippen molar-refractivity contribution in [1.29, 1.82) is 0 Å². The molecule has 29 heavy (non-hydrogen) atoms. The third kappa shape index (κ3) is 4.22. The lowest BCUT2D eigenvalue weighted by atomic mass is 10.00. The molecule has 1 atom stereocenters. The molecule has 3 aromatic rings. The van der Waals surface area contributed by atoms with Gasteiger partial charge in [0.2, 0.25) is 0 Å². The molecule has 1 unspecified atom stereocenters. The van der Waals surface area contributed by atoms with Crippen LogP contribution in [-0.2, 0) is 28.9 Å². The Morgan fingerprint density at radius 2 is 2.00 bits per heavy atom. The molecule has 1 aliphatic heterocycles. The Bertz CT molecular complexity index is 1090. The first-order valence-electron chi connectivity index (χ1n) is 9.87. The summed E-state index contributed by atoms with van der Waals surface area (Å²) >= 11 is 0. The number of carbonyl (C=O) groups excluding carboxylic acids is 1. The molecule has 3 heterocycles. The standard InChI is InChI=1S/C24H23N3O2/c1-3-21-14-18(12-13-25-21)5-4-17-6-8-19(9-7-17)22-16-27-15-20(24(28)29-2)10-11-23(27)26-22/h6-9,12-14,16,20H,3,10-11,15H2,1-2H3. The second-order valence-electron chi connectivity index (χ2n) is 7.17. The average molecular weight is 385 g/mol. The third-order valence-corrected chi connectivity index (χ3v) is 5.24. The molecule has 0 saturated carbocycles. The third-order valence-electron chi connectivity index (χ3n) is 5.24. The number of hydrogen-bond acceptors (Lipinski definition) is 4. The second-order valence-corrected chi connectivity index (χ2v) is 7.17. The van der Waals surface area contributed by atoms with Crippen LogP contribution in [-0.4, -0.2) is 27.6 Å². The smallest absolute Gasteiger partial charge is 0.310 e. The van der Waals surface area contributed by atoms with Crippen LogP contribution in [0.3, 0.4) is 0 Å². The van der Waals surface area contributed by atoms with Crippen LogP contribution in [0.15, 0.2) is 48.8 Å². The molecule has 0 spiro atoms. The molecule has 0 bridgehead atoms. The maximum absolute atomic E-state index is 11.8. The maximum atomic E-state index is 11.8. The lowest BCUT2D eigenvalue weighted by Crippen LogP contribution is -2.27. The number of aryl methyl sites for hydroxylation is 2. The zero-order chi connectivity index (χ0) is 20.2. The zero-order valence-corrected chi connectivity index (χ0v) is 16.7. The number of benzene rings is 1. The van der Waals surface area contributed by atoms with Crippen LogP contribution < -0.4 is 0 Å². The summed E-state index contributed by atoms with van der Waals surface area (Å²) in [7, 11) is 1.44. The van der Waals surface area contributed by atoms with E-state index in [-0.39, 0.29) is 11.9 Å². The minimum Gasteiger partial charge on any atom is -0.469 e. The van der Waals surface area contributed by atoms with Gasteiger partial charge in [0, 0.05) is 47.7 Å². The first-order chi connectivity index (χ1) is 14.2. The van der Waals surface area contributed by atoms with Crippen LogP contribution in [0.1, 0.15) is 36.0 Å². The topological polar surface area (TPSA) is 57.0 Å². The van der Waals surface area contributed by atoms with Crippen LogP contribution in [0.4, 0.5) is 0 Å². The number of methoxy groups -OCH3 is 1. The molecule has 1 aromatic carbocycles. The Morgan fingerprint density at radius 1 is 1.21 bits per heavy atom. The lowest BCUT2D eigenvalue weighted by Gasteiger charge is -2.21. The number of hydrogen-bond donors (Lipinski definition) is 0. The normalized spacial score (nSPS) is 15.2. The number of imidazole rings is 1. The summed E-state index contributed by atoms with van der Waals surface area (Å²) in [6.45, 7) is 2.71. The highest BCUT2D eigenvalue weighted by Crippen LogP contribution is 2.25. The Morgan fingerprint density at radius 3 is 2.76 bits per heavy atom. The largest absolute Gasteiger partial charge is 0.469 e. The van der Waals surface area contributed by atoms with E-state index in [4.69, 9.17) is 9.72 Å². The number of aromatic nitrogens is 3. The Balaban J connectivity index is 1.50. The Labute approximate surface area is 170 Å². The predicted octanol–water partition coefficient (Wildman–Crippen LogP) is 3.64. The Hall–Kier alpha value is -3.39. The molecule has 0 saturated heterocycles. The van der Waals surface area contributed by atoms with Crippen LogP contribution in [0.25, 0.3) is 11.3 Å². The van der Waals surface area contributed by atoms with Gasteiger partial charge in [0.15, 0.2) is 0 Å². The fourth-order valence-electron chi connectivity index (χ4n) is 3.56. The van der Waals surface area contributed by atoms with Crippen molar-refractivity contribution in [2.75, 3.05) is 7.11 Å². The van der Waals surface area contributed by atoms with Gasteiger partial charge in [-0.1, -0.05) is 30.9 Å². The molecule has 2 aromatic heterocycles. The van der Waals surface area contributed by atoms with Gasteiger partial charge in [0.25, 0.3) is 0 Å². The monoisotopic (exact) mass is 385 g/mol. The maximum Gasteiger partial charge on any atom is 0.310 e. The molecule has 5 heteroatoms. The van der Waals surface area contributed by atoms with Crippen LogP contribution in [0.2, 0.25) is 0 Å². The summed E-state index contributed by atoms with van der Waals surface area (Å²) in [5.74, 6) is 7.20. The number of rotatable bonds is 3. The van der Waals surface area contributed by atoms with Crippen molar-refractivity contribution in [3.63, 3.8) is 0 Å². The highest BCUT2D eigenvalue weighted by atomic mass is 16.5. The number of esters is 1. The summed E-state index contributed by atoms with van der Waals surface area (Å²) in [6, 6.07) is 12.1. The minimum atomic E-state index is -0.144. The highest BCUT2D eigenvalue weighted by molar-refractivity contribution is 5.72. The lowest BCUT2D eigenvalue weighted by molar-refractivity contribution is -0.146. The van der Waals surface area contributed by atoms with Gasteiger partial charge in [-0.15, -0.1) is 0 Å². The van der Waals surface area contributed by atoms with Crippen molar-refractivity contribution in [3.05, 3.63) is 71.4 Å². The second kappa shape index (κ2) is 8.32. The summed E-state index contributed by atoms with van der Waals surface area (Å²) in [6.07, 6.45) is 6.30. The van der Waals surface area contributed by atoms with Gasteiger partial charge in [-0.05, 0) is 37.1 Å². The Kier molecular flexibility index (Phi) is 5.44. The predicted molar refractivity (Wildman–Crippen MR) is 111 cm³/mol. The summed E-state index contributed by atoms with van der Waals surface area (Å²) in [5, 5.41) is 0. The molecule has 1 aliphatic rings. The van der Waals surface area contributed by atoms with E-state index in [1.165, 1.54) is 7.11 Å². The van der Waals surface area contributed by atoms with Crippen molar-refractivity contribution in [2.45, 2.75) is 32.7 Å². The van der Waals surface area contributed by atoms with Gasteiger partial charge in [0.1, 0.15) is 5.82 Å². The summed E-state index contributed by atoms with van der Waals surface area (Å²) in [5.41, 5.74) is 4.95. The van der Waals surface area contributed by atoms with E-state index in [0.717, 1.165) is 53.2 Å². The highest BCUT2D eigenvalue weighted by Gasteiger charge is 2.26. The van der Waals surface area contributed by atoms with Crippen LogP contribution in [0.5, 0.6) is 0 Å². The van der Waals surface area contributed by atoms with Gasteiger partial charge in [-0.2, -0.15) is 0 Å². The van der Waals surface area contributed by atoms with Gasteiger partial charge in [-0.3, -0.25) is 9.78 Å². The quantitative estimate of drug-likeness (QED) is 0.510. The molecule has 0 aliphatic carbocycles. The summed E-state index contributed by atoms with van der Waals surface area (Å²) in [4.78, 5) is 20.9. The van der Waals surface area contributed by atoms with E-state index >= 15 is 0 Å². The van der Waals surface area contributed by atoms with E-state index in [0.29, 0.717) is 6.54 Å². The number of fused-ring (bicyclic) bond motifs is 1. The average Bonchev–Trinajstić information content (AvgIpc) is 3.21. The molecule has 146 valence electrons. The van der Waals surface area contributed by atoms with E-state index in [1.807, 2.05) is 42.6 Å². The van der Waals surface area contributed by atoms with Gasteiger partial charge >= 0.3 is 5.97 Å². The molecule has 0 fully saturated rings. The number of nitrogens with zero attached hydrogens (tertiary/aromatic N) is 3. The van der Waals surface area contributed by atoms with Crippen LogP contribution in [0, 0.1) is 17.8 Å². The molecule has 0 N–H and O–H groups in total. The fraction of sp³-hybridized carbons (Fsp3) is 0.292. The van der Waals surface area contributed by atoms with Crippen molar-refractivity contribution < 1.29 is 9.53 Å². The molecule has 0 radical (unpaired) electrons. The van der Waals surface area contributed by atoms with Crippen molar-refractivity contribution in [1.82, 2.24) is 14.5 Å². The van der Waals surface area contributed by atoms with Crippen molar-refractivity contribution in [2.24, 2.45) is 5.92 Å². The fourth-order valence-corrected chi connectivity index (χ4v) is 3.56. The van der Waals surface area contributed by atoms with Gasteiger partial charge in [0.05, 0.1) is 18.7 Å². The number of carbonyl (C=O) groups is 1. The first kappa shape index (κ1) is 18.9. The molecule has 0 amide bonds.